The Morgan fingerprint density at radius 3 is 2.80 bits per heavy atom. The first-order valence-corrected chi connectivity index (χ1v) is 8.96. The zero-order valence-electron chi connectivity index (χ0n) is 15.2. The van der Waals surface area contributed by atoms with Gasteiger partial charge in [-0.25, -0.2) is 4.98 Å². The minimum atomic E-state index is -0.0940. The zero-order chi connectivity index (χ0) is 17.9. The average Bonchev–Trinajstić information content (AvgIpc) is 3.20. The van der Waals surface area contributed by atoms with E-state index in [2.05, 4.69) is 35.9 Å². The maximum atomic E-state index is 12.8. The molecule has 7 nitrogen and oxygen atoms in total. The third-order valence-corrected chi connectivity index (χ3v) is 4.60. The standard InChI is InChI=1S/C18H26N4O3/c1-18(2,3)14-11-19-15(25-14)8-9-16(23)22-10-6-4-5-7-13(22)17-20-12-24-21-17/h11-13H,4-10H2,1-3H3/t13-/m1/s1. The van der Waals surface area contributed by atoms with Crippen molar-refractivity contribution in [1.29, 1.82) is 0 Å². The quantitative estimate of drug-likeness (QED) is 0.843. The summed E-state index contributed by atoms with van der Waals surface area (Å²) in [4.78, 5) is 23.2. The average molecular weight is 346 g/mol. The molecule has 0 bridgehead atoms. The number of rotatable bonds is 4. The Morgan fingerprint density at radius 1 is 1.28 bits per heavy atom. The van der Waals surface area contributed by atoms with E-state index in [-0.39, 0.29) is 17.4 Å². The van der Waals surface area contributed by atoms with Gasteiger partial charge in [0, 0.05) is 24.8 Å². The number of amides is 1. The Bertz CT molecular complexity index is 687. The molecule has 3 rings (SSSR count). The van der Waals surface area contributed by atoms with Gasteiger partial charge in [0.05, 0.1) is 12.2 Å². The normalized spacial score (nSPS) is 19.0. The summed E-state index contributed by atoms with van der Waals surface area (Å²) < 4.78 is 10.7. The summed E-state index contributed by atoms with van der Waals surface area (Å²) in [5, 5.41) is 3.95. The van der Waals surface area contributed by atoms with Crippen LogP contribution in [0.25, 0.3) is 0 Å². The molecule has 1 aliphatic rings. The van der Waals surface area contributed by atoms with Crippen LogP contribution in [0.4, 0.5) is 0 Å². The highest BCUT2D eigenvalue weighted by Gasteiger charge is 2.29. The topological polar surface area (TPSA) is 85.3 Å². The molecule has 1 aliphatic heterocycles. The number of carbonyl (C=O) groups excluding carboxylic acids is 1. The van der Waals surface area contributed by atoms with E-state index < -0.39 is 0 Å². The van der Waals surface area contributed by atoms with Gasteiger partial charge < -0.3 is 13.8 Å². The number of aromatic nitrogens is 3. The lowest BCUT2D eigenvalue weighted by molar-refractivity contribution is -0.133. The lowest BCUT2D eigenvalue weighted by Crippen LogP contribution is -2.35. The largest absolute Gasteiger partial charge is 0.445 e. The van der Waals surface area contributed by atoms with Crippen molar-refractivity contribution in [2.45, 2.75) is 70.8 Å². The molecular weight excluding hydrogens is 320 g/mol. The van der Waals surface area contributed by atoms with Gasteiger partial charge in [0.1, 0.15) is 5.76 Å². The van der Waals surface area contributed by atoms with Crippen molar-refractivity contribution < 1.29 is 13.7 Å². The molecule has 1 atom stereocenters. The molecule has 0 radical (unpaired) electrons. The van der Waals surface area contributed by atoms with Crippen LogP contribution in [0, 0.1) is 0 Å². The van der Waals surface area contributed by atoms with Crippen LogP contribution in [0.5, 0.6) is 0 Å². The van der Waals surface area contributed by atoms with E-state index in [1.807, 2.05) is 4.90 Å². The molecule has 0 saturated carbocycles. The minimum Gasteiger partial charge on any atom is -0.445 e. The maximum absolute atomic E-state index is 12.8. The second-order valence-electron chi connectivity index (χ2n) is 7.61. The van der Waals surface area contributed by atoms with Crippen molar-refractivity contribution in [3.63, 3.8) is 0 Å². The van der Waals surface area contributed by atoms with Gasteiger partial charge in [0.2, 0.25) is 12.3 Å². The lowest BCUT2D eigenvalue weighted by atomic mass is 9.94. The van der Waals surface area contributed by atoms with Crippen LogP contribution in [0.3, 0.4) is 0 Å². The fraction of sp³-hybridized carbons (Fsp3) is 0.667. The minimum absolute atomic E-state index is 0.0796. The lowest BCUT2D eigenvalue weighted by Gasteiger charge is -2.27. The van der Waals surface area contributed by atoms with E-state index in [1.165, 1.54) is 6.39 Å². The summed E-state index contributed by atoms with van der Waals surface area (Å²) >= 11 is 0. The second kappa shape index (κ2) is 7.37. The Hall–Kier alpha value is -2.18. The van der Waals surface area contributed by atoms with Crippen LogP contribution in [0.1, 0.15) is 76.4 Å². The van der Waals surface area contributed by atoms with E-state index >= 15 is 0 Å². The van der Waals surface area contributed by atoms with Crippen molar-refractivity contribution in [3.05, 3.63) is 30.1 Å². The SMILES string of the molecule is CC(C)(C)c1cnc(CCC(=O)N2CCCCC[C@@H]2c2ncon2)o1. The number of likely N-dealkylation sites (tertiary alicyclic amines) is 1. The Labute approximate surface area is 147 Å². The number of nitrogens with zero attached hydrogens (tertiary/aromatic N) is 4. The second-order valence-corrected chi connectivity index (χ2v) is 7.61. The monoisotopic (exact) mass is 346 g/mol. The smallest absolute Gasteiger partial charge is 0.223 e. The number of carbonyl (C=O) groups is 1. The molecule has 0 N–H and O–H groups in total. The van der Waals surface area contributed by atoms with E-state index in [0.29, 0.717) is 24.6 Å². The molecule has 1 saturated heterocycles. The summed E-state index contributed by atoms with van der Waals surface area (Å²) in [6, 6.07) is -0.0940. The third kappa shape index (κ3) is 4.27. The predicted molar refractivity (Wildman–Crippen MR) is 90.7 cm³/mol. The predicted octanol–water partition coefficient (Wildman–Crippen LogP) is 3.43. The van der Waals surface area contributed by atoms with Crippen molar-refractivity contribution in [2.75, 3.05) is 6.54 Å². The van der Waals surface area contributed by atoms with Gasteiger partial charge >= 0.3 is 0 Å². The van der Waals surface area contributed by atoms with E-state index in [4.69, 9.17) is 8.94 Å². The molecule has 1 amide bonds. The first-order valence-electron chi connectivity index (χ1n) is 8.96. The van der Waals surface area contributed by atoms with Crippen molar-refractivity contribution in [3.8, 4) is 0 Å². The van der Waals surface area contributed by atoms with Crippen LogP contribution >= 0.6 is 0 Å². The van der Waals surface area contributed by atoms with Crippen molar-refractivity contribution in [1.82, 2.24) is 20.0 Å². The summed E-state index contributed by atoms with van der Waals surface area (Å²) in [6.07, 6.45) is 8.02. The highest BCUT2D eigenvalue weighted by molar-refractivity contribution is 5.76. The van der Waals surface area contributed by atoms with Crippen molar-refractivity contribution >= 4 is 5.91 Å². The first-order chi connectivity index (χ1) is 11.9. The molecule has 7 heteroatoms. The summed E-state index contributed by atoms with van der Waals surface area (Å²) in [6.45, 7) is 6.97. The molecule has 2 aromatic rings. The van der Waals surface area contributed by atoms with Gasteiger partial charge in [-0.2, -0.15) is 4.98 Å². The van der Waals surface area contributed by atoms with Gasteiger partial charge in [0.25, 0.3) is 0 Å². The Kier molecular flexibility index (Phi) is 5.20. The molecular formula is C18H26N4O3. The highest BCUT2D eigenvalue weighted by atomic mass is 16.5. The van der Waals surface area contributed by atoms with Crippen LogP contribution in [-0.4, -0.2) is 32.5 Å². The number of hydrogen-bond donors (Lipinski definition) is 0. The van der Waals surface area contributed by atoms with Crippen LogP contribution in [0.2, 0.25) is 0 Å². The molecule has 0 unspecified atom stereocenters. The number of oxazole rings is 1. The van der Waals surface area contributed by atoms with E-state index in [0.717, 1.165) is 38.0 Å². The van der Waals surface area contributed by atoms with Gasteiger partial charge in [-0.05, 0) is 12.8 Å². The molecule has 1 fully saturated rings. The zero-order valence-corrected chi connectivity index (χ0v) is 15.2. The fourth-order valence-electron chi connectivity index (χ4n) is 3.13. The van der Waals surface area contributed by atoms with Crippen LogP contribution in [0.15, 0.2) is 21.5 Å². The first kappa shape index (κ1) is 17.6. The Balaban J connectivity index is 1.65. The molecule has 0 spiro atoms. The third-order valence-electron chi connectivity index (χ3n) is 4.60. The maximum Gasteiger partial charge on any atom is 0.223 e. The summed E-state index contributed by atoms with van der Waals surface area (Å²) in [5.41, 5.74) is -0.0796. The molecule has 0 aliphatic carbocycles. The van der Waals surface area contributed by atoms with Gasteiger partial charge in [-0.15, -0.1) is 0 Å². The van der Waals surface area contributed by atoms with Gasteiger partial charge in [-0.3, -0.25) is 4.79 Å². The molecule has 25 heavy (non-hydrogen) atoms. The molecule has 136 valence electrons. The van der Waals surface area contributed by atoms with E-state index in [1.54, 1.807) is 6.20 Å². The van der Waals surface area contributed by atoms with E-state index in [9.17, 15) is 4.79 Å². The molecule has 2 aromatic heterocycles. The number of aryl methyl sites for hydroxylation is 1. The van der Waals surface area contributed by atoms with Crippen LogP contribution < -0.4 is 0 Å². The summed E-state index contributed by atoms with van der Waals surface area (Å²) in [5.74, 6) is 2.15. The van der Waals surface area contributed by atoms with Crippen molar-refractivity contribution in [2.24, 2.45) is 0 Å². The molecule has 0 aromatic carbocycles. The Morgan fingerprint density at radius 2 is 2.12 bits per heavy atom. The van der Waals surface area contributed by atoms with Crippen LogP contribution in [-0.2, 0) is 16.6 Å². The fourth-order valence-corrected chi connectivity index (χ4v) is 3.13. The van der Waals surface area contributed by atoms with Gasteiger partial charge in [-0.1, -0.05) is 38.8 Å². The number of hydrogen-bond acceptors (Lipinski definition) is 6. The summed E-state index contributed by atoms with van der Waals surface area (Å²) in [7, 11) is 0. The molecule has 3 heterocycles. The highest BCUT2D eigenvalue weighted by Crippen LogP contribution is 2.29. The van der Waals surface area contributed by atoms with Gasteiger partial charge in [0.15, 0.2) is 11.7 Å².